The summed E-state index contributed by atoms with van der Waals surface area (Å²) in [7, 11) is 0. The van der Waals surface area contributed by atoms with Gasteiger partial charge in [-0.1, -0.05) is 0 Å². The molecule has 0 aliphatic carbocycles. The maximum atomic E-state index is 5.74. The van der Waals surface area contributed by atoms with Gasteiger partial charge in [0.15, 0.2) is 11.5 Å². The molecule has 1 fully saturated rings. The highest BCUT2D eigenvalue weighted by molar-refractivity contribution is 5.56. The average molecular weight is 292 g/mol. The van der Waals surface area contributed by atoms with E-state index in [1.54, 1.807) is 0 Å². The molecule has 4 heteroatoms. The fraction of sp³-hybridized carbons (Fsp3) is 0.647. The Morgan fingerprint density at radius 3 is 2.57 bits per heavy atom. The first kappa shape index (κ1) is 16.0. The van der Waals surface area contributed by atoms with Crippen molar-refractivity contribution in [1.29, 1.82) is 0 Å². The summed E-state index contributed by atoms with van der Waals surface area (Å²) in [6, 6.07) is 6.26. The highest BCUT2D eigenvalue weighted by Gasteiger charge is 2.24. The predicted molar refractivity (Wildman–Crippen MR) is 87.7 cm³/mol. The number of ether oxygens (including phenoxy) is 2. The van der Waals surface area contributed by atoms with Crippen LogP contribution in [0.4, 0.5) is 5.69 Å². The topological polar surface area (TPSA) is 33.7 Å². The number of anilines is 1. The number of nitrogens with zero attached hydrogens (tertiary/aromatic N) is 1. The van der Waals surface area contributed by atoms with Crippen LogP contribution in [-0.2, 0) is 0 Å². The molecule has 1 aliphatic heterocycles. The van der Waals surface area contributed by atoms with Crippen molar-refractivity contribution in [3.63, 3.8) is 0 Å². The SMILES string of the molecule is CCOc1ccc(N2CCCNC(C)(C)C2)cc1OCC. The normalized spacial score (nSPS) is 18.2. The van der Waals surface area contributed by atoms with Gasteiger partial charge < -0.3 is 19.7 Å². The molecule has 118 valence electrons. The van der Waals surface area contributed by atoms with Gasteiger partial charge in [0.2, 0.25) is 0 Å². The first-order chi connectivity index (χ1) is 10.1. The molecule has 1 aliphatic rings. The summed E-state index contributed by atoms with van der Waals surface area (Å²) in [5, 5.41) is 3.59. The second-order valence-corrected chi connectivity index (χ2v) is 6.08. The van der Waals surface area contributed by atoms with Gasteiger partial charge in [0.1, 0.15) is 0 Å². The van der Waals surface area contributed by atoms with E-state index < -0.39 is 0 Å². The van der Waals surface area contributed by atoms with Crippen LogP contribution in [0.25, 0.3) is 0 Å². The van der Waals surface area contributed by atoms with E-state index in [2.05, 4.69) is 36.2 Å². The highest BCUT2D eigenvalue weighted by atomic mass is 16.5. The molecule has 0 unspecified atom stereocenters. The zero-order valence-electron chi connectivity index (χ0n) is 13.7. The van der Waals surface area contributed by atoms with Gasteiger partial charge >= 0.3 is 0 Å². The molecule has 0 radical (unpaired) electrons. The van der Waals surface area contributed by atoms with Gasteiger partial charge in [-0.2, -0.15) is 0 Å². The Bertz CT molecular complexity index is 460. The van der Waals surface area contributed by atoms with E-state index in [1.807, 2.05) is 19.9 Å². The molecule has 2 rings (SSSR count). The maximum absolute atomic E-state index is 5.74. The Balaban J connectivity index is 2.23. The molecule has 1 aromatic carbocycles. The van der Waals surface area contributed by atoms with E-state index in [0.29, 0.717) is 13.2 Å². The minimum Gasteiger partial charge on any atom is -0.490 e. The van der Waals surface area contributed by atoms with Crippen LogP contribution in [0.5, 0.6) is 11.5 Å². The van der Waals surface area contributed by atoms with Crippen molar-refractivity contribution in [3.05, 3.63) is 18.2 Å². The number of rotatable bonds is 5. The monoisotopic (exact) mass is 292 g/mol. The number of benzene rings is 1. The second kappa shape index (κ2) is 7.03. The maximum Gasteiger partial charge on any atom is 0.163 e. The third-order valence-electron chi connectivity index (χ3n) is 3.69. The molecule has 0 spiro atoms. The molecule has 1 heterocycles. The van der Waals surface area contributed by atoms with Crippen LogP contribution in [0.1, 0.15) is 34.1 Å². The molecule has 0 bridgehead atoms. The summed E-state index contributed by atoms with van der Waals surface area (Å²) in [4.78, 5) is 2.43. The molecule has 1 saturated heterocycles. The first-order valence-electron chi connectivity index (χ1n) is 7.95. The summed E-state index contributed by atoms with van der Waals surface area (Å²) in [5.41, 5.74) is 1.33. The van der Waals surface area contributed by atoms with Crippen molar-refractivity contribution in [3.8, 4) is 11.5 Å². The highest BCUT2D eigenvalue weighted by Crippen LogP contribution is 2.33. The van der Waals surface area contributed by atoms with Gasteiger partial charge in [0, 0.05) is 30.4 Å². The molecule has 0 saturated carbocycles. The summed E-state index contributed by atoms with van der Waals surface area (Å²) in [5.74, 6) is 1.67. The largest absolute Gasteiger partial charge is 0.490 e. The molecule has 0 aromatic heterocycles. The van der Waals surface area contributed by atoms with Crippen molar-refractivity contribution in [2.24, 2.45) is 0 Å². The third kappa shape index (κ3) is 4.27. The Morgan fingerprint density at radius 1 is 1.14 bits per heavy atom. The zero-order valence-corrected chi connectivity index (χ0v) is 13.7. The molecule has 1 aromatic rings. The molecule has 0 atom stereocenters. The second-order valence-electron chi connectivity index (χ2n) is 6.08. The van der Waals surface area contributed by atoms with E-state index in [1.165, 1.54) is 5.69 Å². The Kier molecular flexibility index (Phi) is 5.34. The summed E-state index contributed by atoms with van der Waals surface area (Å²) in [6.45, 7) is 12.9. The minimum atomic E-state index is 0.126. The van der Waals surface area contributed by atoms with Gasteiger partial charge in [-0.25, -0.2) is 0 Å². The van der Waals surface area contributed by atoms with Crippen molar-refractivity contribution >= 4 is 5.69 Å². The quantitative estimate of drug-likeness (QED) is 0.904. The first-order valence-corrected chi connectivity index (χ1v) is 7.95. The molecule has 0 amide bonds. The molecular formula is C17H28N2O2. The fourth-order valence-corrected chi connectivity index (χ4v) is 2.77. The van der Waals surface area contributed by atoms with Crippen LogP contribution >= 0.6 is 0 Å². The number of hydrogen-bond acceptors (Lipinski definition) is 4. The van der Waals surface area contributed by atoms with Gasteiger partial charge in [-0.3, -0.25) is 0 Å². The molecule has 21 heavy (non-hydrogen) atoms. The van der Waals surface area contributed by atoms with Gasteiger partial charge in [0.05, 0.1) is 13.2 Å². The Morgan fingerprint density at radius 2 is 1.86 bits per heavy atom. The van der Waals surface area contributed by atoms with Crippen LogP contribution < -0.4 is 19.7 Å². The van der Waals surface area contributed by atoms with Gasteiger partial charge in [-0.15, -0.1) is 0 Å². The minimum absolute atomic E-state index is 0.126. The van der Waals surface area contributed by atoms with Gasteiger partial charge in [0.25, 0.3) is 0 Å². The van der Waals surface area contributed by atoms with Crippen LogP contribution in [0.3, 0.4) is 0 Å². The Hall–Kier alpha value is -1.42. The average Bonchev–Trinajstić information content (AvgIpc) is 2.62. The molecular weight excluding hydrogens is 264 g/mol. The number of hydrogen-bond donors (Lipinski definition) is 1. The van der Waals surface area contributed by atoms with E-state index in [9.17, 15) is 0 Å². The summed E-state index contributed by atoms with van der Waals surface area (Å²) >= 11 is 0. The van der Waals surface area contributed by atoms with E-state index >= 15 is 0 Å². The zero-order chi connectivity index (χ0) is 15.3. The summed E-state index contributed by atoms with van der Waals surface area (Å²) in [6.07, 6.45) is 1.15. The smallest absolute Gasteiger partial charge is 0.163 e. The van der Waals surface area contributed by atoms with Crippen LogP contribution in [-0.4, -0.2) is 38.4 Å². The van der Waals surface area contributed by atoms with Crippen LogP contribution in [0, 0.1) is 0 Å². The van der Waals surface area contributed by atoms with E-state index in [4.69, 9.17) is 9.47 Å². The van der Waals surface area contributed by atoms with Gasteiger partial charge in [-0.05, 0) is 52.8 Å². The summed E-state index contributed by atoms with van der Waals surface area (Å²) < 4.78 is 11.4. The molecule has 4 nitrogen and oxygen atoms in total. The Labute approximate surface area is 128 Å². The van der Waals surface area contributed by atoms with Crippen LogP contribution in [0.15, 0.2) is 18.2 Å². The van der Waals surface area contributed by atoms with E-state index in [0.717, 1.165) is 37.6 Å². The van der Waals surface area contributed by atoms with Crippen LogP contribution in [0.2, 0.25) is 0 Å². The van der Waals surface area contributed by atoms with Crippen molar-refractivity contribution in [2.45, 2.75) is 39.7 Å². The van der Waals surface area contributed by atoms with Crippen molar-refractivity contribution in [2.75, 3.05) is 37.7 Å². The molecule has 1 N–H and O–H groups in total. The fourth-order valence-electron chi connectivity index (χ4n) is 2.77. The lowest BCUT2D eigenvalue weighted by Gasteiger charge is -2.31. The lowest BCUT2D eigenvalue weighted by atomic mass is 10.1. The lowest BCUT2D eigenvalue weighted by Crippen LogP contribution is -2.46. The lowest BCUT2D eigenvalue weighted by molar-refractivity contribution is 0.288. The van der Waals surface area contributed by atoms with Crippen molar-refractivity contribution < 1.29 is 9.47 Å². The number of nitrogens with one attached hydrogen (secondary N) is 1. The van der Waals surface area contributed by atoms with Crippen molar-refractivity contribution in [1.82, 2.24) is 5.32 Å². The third-order valence-corrected chi connectivity index (χ3v) is 3.69. The standard InChI is InChI=1S/C17H28N2O2/c1-5-20-15-9-8-14(12-16(15)21-6-2)19-11-7-10-18-17(3,4)13-19/h8-9,12,18H,5-7,10-11,13H2,1-4H3. The predicted octanol–water partition coefficient (Wildman–Crippen LogP) is 3.06. The van der Waals surface area contributed by atoms with E-state index in [-0.39, 0.29) is 5.54 Å².